The Morgan fingerprint density at radius 2 is 1.66 bits per heavy atom. The van der Waals surface area contributed by atoms with Crippen molar-refractivity contribution in [2.24, 2.45) is 0 Å². The van der Waals surface area contributed by atoms with Gasteiger partial charge < -0.3 is 14.5 Å². The van der Waals surface area contributed by atoms with E-state index in [0.717, 1.165) is 22.2 Å². The first-order valence-electron chi connectivity index (χ1n) is 9.97. The van der Waals surface area contributed by atoms with Crippen LogP contribution in [0.4, 0.5) is 0 Å². The van der Waals surface area contributed by atoms with Crippen LogP contribution in [0, 0.1) is 0 Å². The van der Waals surface area contributed by atoms with Crippen molar-refractivity contribution >= 4 is 16.9 Å². The maximum absolute atomic E-state index is 13.5. The lowest BCUT2D eigenvalue weighted by molar-refractivity contribution is 0.0600. The highest BCUT2D eigenvalue weighted by molar-refractivity contribution is 5.99. The predicted octanol–water partition coefficient (Wildman–Crippen LogP) is 4.28. The Hall–Kier alpha value is -4.39. The zero-order valence-corrected chi connectivity index (χ0v) is 17.5. The summed E-state index contributed by atoms with van der Waals surface area (Å²) in [7, 11) is 2.94. The molecule has 3 aromatic rings. The van der Waals surface area contributed by atoms with Gasteiger partial charge in [0.05, 0.1) is 36.7 Å². The Kier molecular flexibility index (Phi) is 4.71. The quantitative estimate of drug-likeness (QED) is 0.435. The standard InChI is InChI=1S/C25H19N3O4/c1-31-18-13-9-15(10-14-18)22-21-23(19-5-3-4-6-20(19)26-22)27-28(24(21)29)17-11-7-16(8-12-17)25(30)32-2/h3-14,26H,1-2H3. The summed E-state index contributed by atoms with van der Waals surface area (Å²) in [5.41, 5.74) is 4.21. The van der Waals surface area contributed by atoms with Crippen molar-refractivity contribution in [3.63, 3.8) is 0 Å². The van der Waals surface area contributed by atoms with Crippen molar-refractivity contribution in [2.45, 2.75) is 0 Å². The number of nitrogens with zero attached hydrogens (tertiary/aromatic N) is 2. The van der Waals surface area contributed by atoms with Gasteiger partial charge in [-0.2, -0.15) is 9.78 Å². The number of ether oxygens (including phenoxy) is 2. The Balaban J connectivity index is 1.75. The molecular formula is C25H19N3O4. The van der Waals surface area contributed by atoms with Gasteiger partial charge in [0.2, 0.25) is 0 Å². The number of aromatic amines is 1. The molecule has 5 rings (SSSR count). The Morgan fingerprint density at radius 1 is 0.938 bits per heavy atom. The summed E-state index contributed by atoms with van der Waals surface area (Å²) in [5, 5.41) is 5.52. The molecule has 0 amide bonds. The van der Waals surface area contributed by atoms with Gasteiger partial charge in [0.15, 0.2) is 0 Å². The summed E-state index contributed by atoms with van der Waals surface area (Å²) in [6.07, 6.45) is 0. The van der Waals surface area contributed by atoms with Gasteiger partial charge in [0, 0.05) is 10.9 Å². The number of benzene rings is 3. The minimum Gasteiger partial charge on any atom is -0.497 e. The summed E-state index contributed by atoms with van der Waals surface area (Å²) in [4.78, 5) is 28.7. The fraction of sp³-hybridized carbons (Fsp3) is 0.0800. The van der Waals surface area contributed by atoms with Crippen molar-refractivity contribution in [1.82, 2.24) is 14.8 Å². The summed E-state index contributed by atoms with van der Waals surface area (Å²) >= 11 is 0. The predicted molar refractivity (Wildman–Crippen MR) is 122 cm³/mol. The highest BCUT2D eigenvalue weighted by Crippen LogP contribution is 2.35. The second kappa shape index (κ2) is 7.70. The van der Waals surface area contributed by atoms with Crippen molar-refractivity contribution in [2.75, 3.05) is 14.2 Å². The monoisotopic (exact) mass is 425 g/mol. The van der Waals surface area contributed by atoms with E-state index >= 15 is 0 Å². The number of nitrogens with one attached hydrogen (secondary N) is 1. The number of methoxy groups -OCH3 is 2. The third-order valence-corrected chi connectivity index (χ3v) is 5.45. The molecule has 0 fully saturated rings. The fourth-order valence-corrected chi connectivity index (χ4v) is 3.82. The largest absolute Gasteiger partial charge is 0.497 e. The number of aromatic nitrogens is 3. The van der Waals surface area contributed by atoms with Crippen LogP contribution in [0.3, 0.4) is 0 Å². The lowest BCUT2D eigenvalue weighted by Crippen LogP contribution is -2.15. The van der Waals surface area contributed by atoms with Crippen LogP contribution in [0.15, 0.2) is 77.6 Å². The molecule has 0 bridgehead atoms. The number of esters is 1. The van der Waals surface area contributed by atoms with E-state index in [1.165, 1.54) is 11.8 Å². The van der Waals surface area contributed by atoms with E-state index < -0.39 is 5.97 Å². The molecule has 2 aliphatic heterocycles. The van der Waals surface area contributed by atoms with Gasteiger partial charge in [-0.05, 0) is 60.2 Å². The van der Waals surface area contributed by atoms with Crippen LogP contribution >= 0.6 is 0 Å². The zero-order chi connectivity index (χ0) is 22.2. The second-order valence-corrected chi connectivity index (χ2v) is 7.25. The van der Waals surface area contributed by atoms with Crippen LogP contribution in [0.25, 0.3) is 39.1 Å². The second-order valence-electron chi connectivity index (χ2n) is 7.25. The highest BCUT2D eigenvalue weighted by Gasteiger charge is 2.24. The van der Waals surface area contributed by atoms with Crippen LogP contribution < -0.4 is 10.3 Å². The molecule has 0 aromatic heterocycles. The van der Waals surface area contributed by atoms with Gasteiger partial charge >= 0.3 is 5.97 Å². The molecule has 0 saturated carbocycles. The molecule has 0 spiro atoms. The third kappa shape index (κ3) is 3.11. The van der Waals surface area contributed by atoms with Gasteiger partial charge in [0.25, 0.3) is 5.56 Å². The highest BCUT2D eigenvalue weighted by atomic mass is 16.5. The maximum atomic E-state index is 13.5. The van der Waals surface area contributed by atoms with E-state index in [9.17, 15) is 9.59 Å². The number of para-hydroxylation sites is 1. The molecular weight excluding hydrogens is 406 g/mol. The molecule has 0 saturated heterocycles. The average molecular weight is 425 g/mol. The van der Waals surface area contributed by atoms with Gasteiger partial charge in [-0.25, -0.2) is 4.79 Å². The Bertz CT molecular complexity index is 1460. The molecule has 2 heterocycles. The van der Waals surface area contributed by atoms with Crippen molar-refractivity contribution in [3.8, 4) is 34.0 Å². The first kappa shape index (κ1) is 19.6. The topological polar surface area (TPSA) is 86.2 Å². The summed E-state index contributed by atoms with van der Waals surface area (Å²) < 4.78 is 11.4. The van der Waals surface area contributed by atoms with E-state index in [-0.39, 0.29) is 5.56 Å². The van der Waals surface area contributed by atoms with Crippen LogP contribution in [-0.2, 0) is 4.74 Å². The van der Waals surface area contributed by atoms with E-state index in [4.69, 9.17) is 9.47 Å². The molecule has 3 aromatic carbocycles. The van der Waals surface area contributed by atoms with Gasteiger partial charge in [-0.15, -0.1) is 0 Å². The molecule has 0 atom stereocenters. The van der Waals surface area contributed by atoms with E-state index in [2.05, 4.69) is 10.1 Å². The van der Waals surface area contributed by atoms with Gasteiger partial charge in [0.1, 0.15) is 11.4 Å². The number of fused-ring (bicyclic) bond motifs is 3. The average Bonchev–Trinajstić information content (AvgIpc) is 3.20. The number of rotatable bonds is 4. The zero-order valence-electron chi connectivity index (χ0n) is 17.5. The first-order chi connectivity index (χ1) is 15.6. The molecule has 2 aliphatic rings. The van der Waals surface area contributed by atoms with Gasteiger partial charge in [-0.1, -0.05) is 18.2 Å². The maximum Gasteiger partial charge on any atom is 0.337 e. The van der Waals surface area contributed by atoms with Crippen molar-refractivity contribution < 1.29 is 14.3 Å². The SMILES string of the molecule is COC(=O)c1ccc(-n2nc3c4ccccc4[nH]c(-c4ccc(OC)cc4)c-3c2=O)cc1. The number of hydrogen-bond donors (Lipinski definition) is 1. The fourth-order valence-electron chi connectivity index (χ4n) is 3.82. The Morgan fingerprint density at radius 3 is 2.34 bits per heavy atom. The third-order valence-electron chi connectivity index (χ3n) is 5.45. The molecule has 0 radical (unpaired) electrons. The van der Waals surface area contributed by atoms with E-state index in [0.29, 0.717) is 28.2 Å². The normalized spacial score (nSPS) is 11.1. The minimum atomic E-state index is -0.438. The number of H-pyrrole nitrogens is 1. The summed E-state index contributed by atoms with van der Waals surface area (Å²) in [6, 6.07) is 21.8. The van der Waals surface area contributed by atoms with Crippen LogP contribution in [0.2, 0.25) is 0 Å². The molecule has 0 aliphatic carbocycles. The molecule has 158 valence electrons. The molecule has 7 heteroatoms. The van der Waals surface area contributed by atoms with Crippen molar-refractivity contribution in [3.05, 3.63) is 88.7 Å². The lowest BCUT2D eigenvalue weighted by atomic mass is 10.00. The van der Waals surface area contributed by atoms with Gasteiger partial charge in [-0.3, -0.25) is 4.79 Å². The number of carbonyl (C=O) groups excluding carboxylic acids is 1. The van der Waals surface area contributed by atoms with Crippen molar-refractivity contribution in [1.29, 1.82) is 0 Å². The molecule has 7 nitrogen and oxygen atoms in total. The van der Waals surface area contributed by atoms with Crippen LogP contribution in [0.1, 0.15) is 10.4 Å². The summed E-state index contributed by atoms with van der Waals surface area (Å²) in [5.74, 6) is 0.293. The molecule has 1 N–H and O–H groups in total. The van der Waals surface area contributed by atoms with Crippen LogP contribution in [0.5, 0.6) is 5.75 Å². The Labute approximate surface area is 183 Å². The smallest absolute Gasteiger partial charge is 0.337 e. The minimum absolute atomic E-state index is 0.251. The van der Waals surface area contributed by atoms with E-state index in [1.807, 2.05) is 48.5 Å². The molecule has 32 heavy (non-hydrogen) atoms. The number of carbonyl (C=O) groups is 1. The number of pyridine rings is 1. The molecule has 0 unspecified atom stereocenters. The lowest BCUT2D eigenvalue weighted by Gasteiger charge is -2.11. The van der Waals surface area contributed by atoms with Crippen LogP contribution in [-0.4, -0.2) is 35.0 Å². The number of hydrogen-bond acceptors (Lipinski definition) is 5. The summed E-state index contributed by atoms with van der Waals surface area (Å²) in [6.45, 7) is 0. The van der Waals surface area contributed by atoms with E-state index in [1.54, 1.807) is 31.4 Å². The first-order valence-corrected chi connectivity index (χ1v) is 9.97.